The summed E-state index contributed by atoms with van der Waals surface area (Å²) in [6.07, 6.45) is 2.58. The number of aryl methyl sites for hydroxylation is 1. The van der Waals surface area contributed by atoms with Gasteiger partial charge in [0.1, 0.15) is 10.6 Å². The number of carbonyl (C=O) groups is 1. The quantitative estimate of drug-likeness (QED) is 0.195. The molecule has 0 bridgehead atoms. The van der Waals surface area contributed by atoms with Crippen LogP contribution in [-0.2, 0) is 19.0 Å². The molecule has 0 saturated carbocycles. The summed E-state index contributed by atoms with van der Waals surface area (Å²) < 4.78 is 23.9. The number of nitrogens with zero attached hydrogens (tertiary/aromatic N) is 1. The van der Waals surface area contributed by atoms with Crippen LogP contribution in [0.3, 0.4) is 0 Å². The van der Waals surface area contributed by atoms with Crippen molar-refractivity contribution in [2.75, 3.05) is 31.7 Å². The normalized spacial score (nSPS) is 16.7. The molecule has 5 aromatic rings. The number of allylic oxidation sites excluding steroid dienone is 1. The van der Waals surface area contributed by atoms with E-state index < -0.39 is 18.1 Å². The first kappa shape index (κ1) is 28.8. The zero-order valence-electron chi connectivity index (χ0n) is 23.4. The smallest absolute Gasteiger partial charge is 0.290 e. The van der Waals surface area contributed by atoms with Gasteiger partial charge in [-0.25, -0.2) is 4.98 Å². The Morgan fingerprint density at radius 1 is 1.09 bits per heavy atom. The topological polar surface area (TPSA) is 120 Å². The van der Waals surface area contributed by atoms with Crippen molar-refractivity contribution in [3.8, 4) is 10.6 Å². The number of aromatic nitrogens is 1. The lowest BCUT2D eigenvalue weighted by molar-refractivity contribution is -0.148. The van der Waals surface area contributed by atoms with Crippen molar-refractivity contribution < 1.29 is 28.5 Å². The van der Waals surface area contributed by atoms with E-state index in [2.05, 4.69) is 18.3 Å². The predicted molar refractivity (Wildman–Crippen MR) is 165 cm³/mol. The van der Waals surface area contributed by atoms with Crippen LogP contribution in [0.5, 0.6) is 0 Å². The van der Waals surface area contributed by atoms with Crippen molar-refractivity contribution in [1.82, 2.24) is 4.98 Å². The number of thiazole rings is 1. The summed E-state index contributed by atoms with van der Waals surface area (Å²) in [4.78, 5) is 31.5. The summed E-state index contributed by atoms with van der Waals surface area (Å²) >= 11 is 1.62. The number of amides is 1. The van der Waals surface area contributed by atoms with Crippen LogP contribution >= 0.6 is 11.3 Å². The van der Waals surface area contributed by atoms with Crippen LogP contribution in [0.2, 0.25) is 0 Å². The van der Waals surface area contributed by atoms with Crippen LogP contribution in [0.1, 0.15) is 23.5 Å². The van der Waals surface area contributed by atoms with Gasteiger partial charge in [0.25, 0.3) is 5.91 Å². The Balaban J connectivity index is 1.21. The maximum atomic E-state index is 13.4. The lowest BCUT2D eigenvalue weighted by atomic mass is 9.93. The summed E-state index contributed by atoms with van der Waals surface area (Å²) in [6, 6.07) is 20.7. The number of aliphatic hydroxyl groups is 1. The Morgan fingerprint density at radius 3 is 2.77 bits per heavy atom. The first-order valence-corrected chi connectivity index (χ1v) is 14.8. The Bertz CT molecular complexity index is 1840. The van der Waals surface area contributed by atoms with E-state index in [1.54, 1.807) is 41.7 Å². The average molecular weight is 599 g/mol. The van der Waals surface area contributed by atoms with Gasteiger partial charge in [0.2, 0.25) is 6.29 Å². The van der Waals surface area contributed by atoms with Gasteiger partial charge in [-0.05, 0) is 67.1 Å². The van der Waals surface area contributed by atoms with Gasteiger partial charge in [0, 0.05) is 29.2 Å². The fourth-order valence-corrected chi connectivity index (χ4v) is 6.00. The molecule has 3 aromatic carbocycles. The van der Waals surface area contributed by atoms with E-state index in [1.165, 1.54) is 11.8 Å². The fourth-order valence-electron chi connectivity index (χ4n) is 4.93. The predicted octanol–water partition coefficient (Wildman–Crippen LogP) is 5.76. The molecule has 220 valence electrons. The molecule has 10 heteroatoms. The average Bonchev–Trinajstić information content (AvgIpc) is 3.45. The number of aliphatic hydroxyl groups excluding tert-OH is 1. The highest BCUT2D eigenvalue weighted by Gasteiger charge is 2.31. The molecule has 1 aliphatic heterocycles. The number of ether oxygens (including phenoxy) is 3. The van der Waals surface area contributed by atoms with E-state index in [4.69, 9.17) is 28.7 Å². The third-order valence-corrected chi connectivity index (χ3v) is 8.16. The van der Waals surface area contributed by atoms with Crippen molar-refractivity contribution in [1.29, 1.82) is 0 Å². The number of nitrogens with one attached hydrogen (secondary N) is 1. The Kier molecular flexibility index (Phi) is 8.62. The summed E-state index contributed by atoms with van der Waals surface area (Å²) in [6.45, 7) is 2.60. The van der Waals surface area contributed by atoms with E-state index in [0.717, 1.165) is 20.8 Å². The van der Waals surface area contributed by atoms with Gasteiger partial charge in [-0.15, -0.1) is 11.3 Å². The van der Waals surface area contributed by atoms with Gasteiger partial charge >= 0.3 is 0 Å². The van der Waals surface area contributed by atoms with Gasteiger partial charge in [-0.3, -0.25) is 9.59 Å². The van der Waals surface area contributed by atoms with Crippen LogP contribution < -0.4 is 10.7 Å². The third-order valence-electron chi connectivity index (χ3n) is 7.09. The number of para-hydroxylation sites is 1. The molecule has 2 N–H and O–H groups in total. The molecule has 43 heavy (non-hydrogen) atoms. The van der Waals surface area contributed by atoms with Crippen LogP contribution in [-0.4, -0.2) is 48.7 Å². The molecule has 9 nitrogen and oxygen atoms in total. The van der Waals surface area contributed by atoms with E-state index in [9.17, 15) is 9.59 Å². The van der Waals surface area contributed by atoms with Gasteiger partial charge in [0.15, 0.2) is 11.2 Å². The molecule has 0 saturated heterocycles. The lowest BCUT2D eigenvalue weighted by Crippen LogP contribution is -2.31. The van der Waals surface area contributed by atoms with Crippen LogP contribution in [0.4, 0.5) is 5.69 Å². The molecule has 1 aliphatic rings. The van der Waals surface area contributed by atoms with E-state index in [-0.39, 0.29) is 37.6 Å². The maximum Gasteiger partial charge on any atom is 0.290 e. The molecule has 2 aromatic heterocycles. The van der Waals surface area contributed by atoms with Gasteiger partial charge in [0.05, 0.1) is 48.3 Å². The molecule has 2 atom stereocenters. The molecule has 6 rings (SSSR count). The Hall–Kier alpha value is -4.35. The van der Waals surface area contributed by atoms with Crippen molar-refractivity contribution in [3.05, 3.63) is 106 Å². The zero-order valence-corrected chi connectivity index (χ0v) is 24.3. The van der Waals surface area contributed by atoms with Crippen LogP contribution in [0, 0.1) is 6.92 Å². The summed E-state index contributed by atoms with van der Waals surface area (Å²) in [5.74, 6) is -0.914. The molecule has 0 spiro atoms. The minimum absolute atomic E-state index is 0.0377. The number of anilines is 1. The second-order valence-electron chi connectivity index (χ2n) is 10.2. The molecule has 1 amide bonds. The monoisotopic (exact) mass is 598 g/mol. The summed E-state index contributed by atoms with van der Waals surface area (Å²) in [7, 11) is 0. The van der Waals surface area contributed by atoms with Gasteiger partial charge in [-0.2, -0.15) is 0 Å². The number of carbonyl (C=O) groups excluding carboxylic acids is 1. The van der Waals surface area contributed by atoms with Crippen LogP contribution in [0.25, 0.3) is 31.8 Å². The Labute approximate surface area is 251 Å². The van der Waals surface area contributed by atoms with Crippen molar-refractivity contribution in [2.45, 2.75) is 25.6 Å². The molecule has 0 radical (unpaired) electrons. The summed E-state index contributed by atoms with van der Waals surface area (Å²) in [5.41, 5.74) is 4.40. The maximum absolute atomic E-state index is 13.4. The van der Waals surface area contributed by atoms with Crippen molar-refractivity contribution >= 4 is 44.1 Å². The largest absolute Gasteiger partial charge is 0.464 e. The Morgan fingerprint density at radius 2 is 1.93 bits per heavy atom. The number of fused-ring (bicyclic) bond motifs is 2. The molecular weight excluding hydrogens is 568 g/mol. The second-order valence-corrected chi connectivity index (χ2v) is 11.2. The first-order chi connectivity index (χ1) is 21.0. The highest BCUT2D eigenvalue weighted by molar-refractivity contribution is 7.21. The first-order valence-electron chi connectivity index (χ1n) is 14.0. The van der Waals surface area contributed by atoms with Gasteiger partial charge < -0.3 is 29.1 Å². The van der Waals surface area contributed by atoms with Crippen molar-refractivity contribution in [2.24, 2.45) is 0 Å². The summed E-state index contributed by atoms with van der Waals surface area (Å²) in [5, 5.41) is 13.2. The minimum Gasteiger partial charge on any atom is -0.464 e. The zero-order chi connectivity index (χ0) is 29.8. The van der Waals surface area contributed by atoms with Gasteiger partial charge in [-0.1, -0.05) is 18.2 Å². The minimum atomic E-state index is -0.801. The molecular formula is C33H30N2O7S. The van der Waals surface area contributed by atoms with E-state index in [1.807, 2.05) is 36.4 Å². The molecule has 3 heterocycles. The SMILES string of the molecule is Cc1ccc2nc(-c3ccc(NC(=O)C4=C[C@H](c5coc6ccccc6c5=O)C[C@H](OCCOCCO)O4)cc3)sc2c1. The van der Waals surface area contributed by atoms with Crippen molar-refractivity contribution in [3.63, 3.8) is 0 Å². The van der Waals surface area contributed by atoms with E-state index in [0.29, 0.717) is 28.6 Å². The van der Waals surface area contributed by atoms with Crippen LogP contribution in [0.15, 0.2) is 94.0 Å². The fraction of sp³-hybridized carbons (Fsp3) is 0.242. The second kappa shape index (κ2) is 12.9. The molecule has 0 aliphatic carbocycles. The highest BCUT2D eigenvalue weighted by Crippen LogP contribution is 2.33. The number of hydrogen-bond donors (Lipinski definition) is 2. The number of rotatable bonds is 10. The highest BCUT2D eigenvalue weighted by atomic mass is 32.1. The molecule has 0 fully saturated rings. The number of hydrogen-bond acceptors (Lipinski definition) is 9. The van der Waals surface area contributed by atoms with E-state index >= 15 is 0 Å². The lowest BCUT2D eigenvalue weighted by Gasteiger charge is -2.29. The molecule has 0 unspecified atom stereocenters. The number of benzene rings is 3. The standard InChI is InChI=1S/C33H30N2O7S/c1-20-6-11-26-29(16-20)43-33(35-26)21-7-9-23(10-8-21)34-32(38)28-17-22(18-30(42-28)40-15-14-39-13-12-36)25-19-41-27-5-3-2-4-24(27)31(25)37/h2-11,16-17,19,22,30,36H,12-15,18H2,1H3,(H,34,38)/t22-,30+/m0/s1. The third kappa shape index (κ3) is 6.52.